The Kier molecular flexibility index (Phi) is 4.97. The molecule has 0 aliphatic carbocycles. The summed E-state index contributed by atoms with van der Waals surface area (Å²) in [4.78, 5) is 11.6. The molecule has 1 aromatic carbocycles. The Morgan fingerprint density at radius 3 is 2.78 bits per heavy atom. The molecule has 1 aromatic rings. The van der Waals surface area contributed by atoms with Gasteiger partial charge >= 0.3 is 6.03 Å². The molecule has 18 heavy (non-hydrogen) atoms. The number of rotatable bonds is 5. The van der Waals surface area contributed by atoms with Gasteiger partial charge in [0.15, 0.2) is 0 Å². The van der Waals surface area contributed by atoms with E-state index >= 15 is 0 Å². The summed E-state index contributed by atoms with van der Waals surface area (Å²) in [6, 6.07) is 7.17. The first-order chi connectivity index (χ1) is 8.46. The molecule has 0 fully saturated rings. The Morgan fingerprint density at radius 2 is 2.17 bits per heavy atom. The van der Waals surface area contributed by atoms with Gasteiger partial charge in [0.2, 0.25) is 0 Å². The van der Waals surface area contributed by atoms with Gasteiger partial charge in [-0.15, -0.1) is 0 Å². The third kappa shape index (κ3) is 4.63. The number of ether oxygens (including phenoxy) is 1. The van der Waals surface area contributed by atoms with Gasteiger partial charge in [0, 0.05) is 6.54 Å². The molecule has 0 aliphatic rings. The van der Waals surface area contributed by atoms with Crippen LogP contribution in [0.1, 0.15) is 19.4 Å². The molecule has 3 N–H and O–H groups in total. The molecular formula is C13H20N2O3. The van der Waals surface area contributed by atoms with Crippen LogP contribution in [-0.2, 0) is 6.54 Å². The monoisotopic (exact) mass is 252 g/mol. The van der Waals surface area contributed by atoms with Gasteiger partial charge in [-0.05, 0) is 31.5 Å². The Bertz CT molecular complexity index is 405. The van der Waals surface area contributed by atoms with Gasteiger partial charge in [0.05, 0.1) is 19.3 Å². The van der Waals surface area contributed by atoms with Crippen LogP contribution in [0.15, 0.2) is 24.3 Å². The van der Waals surface area contributed by atoms with Crippen molar-refractivity contribution in [3.05, 3.63) is 29.8 Å². The highest BCUT2D eigenvalue weighted by atomic mass is 16.5. The van der Waals surface area contributed by atoms with Crippen LogP contribution in [0.25, 0.3) is 0 Å². The number of urea groups is 1. The molecule has 0 aromatic heterocycles. The van der Waals surface area contributed by atoms with Gasteiger partial charge < -0.3 is 20.5 Å². The number of nitrogens with one attached hydrogen (secondary N) is 2. The van der Waals surface area contributed by atoms with Crippen molar-refractivity contribution in [2.24, 2.45) is 0 Å². The molecule has 0 unspecified atom stereocenters. The van der Waals surface area contributed by atoms with Crippen molar-refractivity contribution in [1.82, 2.24) is 10.6 Å². The van der Waals surface area contributed by atoms with Gasteiger partial charge in [-0.1, -0.05) is 12.1 Å². The second-order valence-electron chi connectivity index (χ2n) is 4.70. The van der Waals surface area contributed by atoms with Crippen LogP contribution < -0.4 is 15.4 Å². The smallest absolute Gasteiger partial charge is 0.315 e. The van der Waals surface area contributed by atoms with E-state index in [4.69, 9.17) is 9.84 Å². The van der Waals surface area contributed by atoms with E-state index in [0.717, 1.165) is 11.3 Å². The summed E-state index contributed by atoms with van der Waals surface area (Å²) in [5, 5.41) is 14.4. The maximum atomic E-state index is 11.6. The lowest BCUT2D eigenvalue weighted by atomic mass is 10.1. The molecule has 0 heterocycles. The summed E-state index contributed by atoms with van der Waals surface area (Å²) in [6.07, 6.45) is 0. The minimum Gasteiger partial charge on any atom is -0.497 e. The SMILES string of the molecule is COc1cccc(CNC(=O)NC(C)(C)CO)c1. The fourth-order valence-electron chi connectivity index (χ4n) is 1.36. The molecule has 0 aliphatic heterocycles. The van der Waals surface area contributed by atoms with Gasteiger partial charge in [-0.25, -0.2) is 4.79 Å². The number of carbonyl (C=O) groups excluding carboxylic acids is 1. The first-order valence-corrected chi connectivity index (χ1v) is 5.76. The zero-order chi connectivity index (χ0) is 13.6. The van der Waals surface area contributed by atoms with Crippen LogP contribution in [0.5, 0.6) is 5.75 Å². The van der Waals surface area contributed by atoms with Crippen molar-refractivity contribution in [3.8, 4) is 5.75 Å². The summed E-state index contributed by atoms with van der Waals surface area (Å²) in [5.41, 5.74) is 0.324. The van der Waals surface area contributed by atoms with Gasteiger partial charge in [0.25, 0.3) is 0 Å². The van der Waals surface area contributed by atoms with Crippen LogP contribution in [0.2, 0.25) is 0 Å². The van der Waals surface area contributed by atoms with Gasteiger partial charge in [-0.3, -0.25) is 0 Å². The van der Waals surface area contributed by atoms with E-state index in [1.807, 2.05) is 24.3 Å². The molecule has 0 bridgehead atoms. The van der Waals surface area contributed by atoms with Crippen molar-refractivity contribution in [1.29, 1.82) is 0 Å². The minimum atomic E-state index is -0.627. The quantitative estimate of drug-likeness (QED) is 0.739. The zero-order valence-electron chi connectivity index (χ0n) is 11.0. The van der Waals surface area contributed by atoms with Crippen LogP contribution in [0.3, 0.4) is 0 Å². The molecule has 2 amide bonds. The summed E-state index contributed by atoms with van der Waals surface area (Å²) in [5.74, 6) is 0.755. The normalized spacial score (nSPS) is 10.9. The summed E-state index contributed by atoms with van der Waals surface area (Å²) in [6.45, 7) is 3.79. The highest BCUT2D eigenvalue weighted by Crippen LogP contribution is 2.12. The topological polar surface area (TPSA) is 70.6 Å². The average Bonchev–Trinajstić information content (AvgIpc) is 2.36. The number of carbonyl (C=O) groups is 1. The fraction of sp³-hybridized carbons (Fsp3) is 0.462. The van der Waals surface area contributed by atoms with Crippen LogP contribution in [0, 0.1) is 0 Å². The number of hydrogen-bond donors (Lipinski definition) is 3. The van der Waals surface area contributed by atoms with Crippen LogP contribution in [0.4, 0.5) is 4.79 Å². The van der Waals surface area contributed by atoms with E-state index < -0.39 is 5.54 Å². The molecule has 1 rings (SSSR count). The summed E-state index contributed by atoms with van der Waals surface area (Å²) >= 11 is 0. The molecule has 0 radical (unpaired) electrons. The van der Waals surface area contributed by atoms with E-state index in [2.05, 4.69) is 10.6 Å². The predicted molar refractivity (Wildman–Crippen MR) is 69.5 cm³/mol. The maximum Gasteiger partial charge on any atom is 0.315 e. The minimum absolute atomic E-state index is 0.112. The van der Waals surface area contributed by atoms with E-state index in [1.165, 1.54) is 0 Å². The van der Waals surface area contributed by atoms with Crippen molar-refractivity contribution in [2.75, 3.05) is 13.7 Å². The van der Waals surface area contributed by atoms with Crippen molar-refractivity contribution >= 4 is 6.03 Å². The van der Waals surface area contributed by atoms with Crippen molar-refractivity contribution in [3.63, 3.8) is 0 Å². The standard InChI is InChI=1S/C13H20N2O3/c1-13(2,9-16)15-12(17)14-8-10-5-4-6-11(7-10)18-3/h4-7,16H,8-9H2,1-3H3,(H2,14,15,17). The van der Waals surface area contributed by atoms with Crippen molar-refractivity contribution < 1.29 is 14.6 Å². The first kappa shape index (κ1) is 14.3. The third-order valence-electron chi connectivity index (χ3n) is 2.43. The van der Waals surface area contributed by atoms with Gasteiger partial charge in [-0.2, -0.15) is 0 Å². The molecule has 5 nitrogen and oxygen atoms in total. The Morgan fingerprint density at radius 1 is 1.44 bits per heavy atom. The Labute approximate surface area is 107 Å². The van der Waals surface area contributed by atoms with E-state index in [1.54, 1.807) is 21.0 Å². The molecule has 5 heteroatoms. The van der Waals surface area contributed by atoms with E-state index in [9.17, 15) is 4.79 Å². The molecule has 100 valence electrons. The largest absolute Gasteiger partial charge is 0.497 e. The molecule has 0 atom stereocenters. The Hall–Kier alpha value is -1.75. The number of aliphatic hydroxyl groups excluding tert-OH is 1. The van der Waals surface area contributed by atoms with Crippen LogP contribution >= 0.6 is 0 Å². The number of hydrogen-bond acceptors (Lipinski definition) is 3. The highest BCUT2D eigenvalue weighted by Gasteiger charge is 2.18. The van der Waals surface area contributed by atoms with Gasteiger partial charge in [0.1, 0.15) is 5.75 Å². The maximum absolute atomic E-state index is 11.6. The molecule has 0 saturated carbocycles. The third-order valence-corrected chi connectivity index (χ3v) is 2.43. The van der Waals surface area contributed by atoms with Crippen LogP contribution in [-0.4, -0.2) is 30.4 Å². The average molecular weight is 252 g/mol. The molecule has 0 saturated heterocycles. The van der Waals surface area contributed by atoms with E-state index in [0.29, 0.717) is 6.54 Å². The lowest BCUT2D eigenvalue weighted by Crippen LogP contribution is -2.50. The molecule has 0 spiro atoms. The summed E-state index contributed by atoms with van der Waals surface area (Å²) in [7, 11) is 1.60. The second kappa shape index (κ2) is 6.26. The highest BCUT2D eigenvalue weighted by molar-refractivity contribution is 5.74. The number of benzene rings is 1. The number of methoxy groups -OCH3 is 1. The molecular weight excluding hydrogens is 232 g/mol. The lowest BCUT2D eigenvalue weighted by molar-refractivity contribution is 0.182. The predicted octanol–water partition coefficient (Wildman–Crippen LogP) is 1.27. The second-order valence-corrected chi connectivity index (χ2v) is 4.70. The first-order valence-electron chi connectivity index (χ1n) is 5.76. The summed E-state index contributed by atoms with van der Waals surface area (Å²) < 4.78 is 5.10. The Balaban J connectivity index is 2.47. The van der Waals surface area contributed by atoms with E-state index in [-0.39, 0.29) is 12.6 Å². The number of amides is 2. The number of aliphatic hydroxyl groups is 1. The fourth-order valence-corrected chi connectivity index (χ4v) is 1.36. The van der Waals surface area contributed by atoms with Crippen molar-refractivity contribution in [2.45, 2.75) is 25.9 Å². The lowest BCUT2D eigenvalue weighted by Gasteiger charge is -2.23. The zero-order valence-corrected chi connectivity index (χ0v) is 11.0.